The molecule has 0 aliphatic carbocycles. The number of piperidine rings is 1. The van der Waals surface area contributed by atoms with Crippen molar-refractivity contribution < 1.29 is 18.8 Å². The molecule has 0 unspecified atom stereocenters. The fraction of sp³-hybridized carbons (Fsp3) is 0.346. The minimum atomic E-state index is -0.0995. The van der Waals surface area contributed by atoms with Crippen LogP contribution in [-0.4, -0.2) is 47.5 Å². The van der Waals surface area contributed by atoms with Gasteiger partial charge in [-0.3, -0.25) is 14.5 Å². The lowest BCUT2D eigenvalue weighted by Gasteiger charge is -2.31. The van der Waals surface area contributed by atoms with Crippen LogP contribution in [0, 0.1) is 13.8 Å². The summed E-state index contributed by atoms with van der Waals surface area (Å²) in [6.07, 6.45) is 1.62. The van der Waals surface area contributed by atoms with E-state index < -0.39 is 0 Å². The third kappa shape index (κ3) is 6.23. The summed E-state index contributed by atoms with van der Waals surface area (Å²) >= 11 is 0. The van der Waals surface area contributed by atoms with Crippen molar-refractivity contribution in [3.8, 4) is 5.75 Å². The lowest BCUT2D eigenvalue weighted by atomic mass is 10.0. The fourth-order valence-electron chi connectivity index (χ4n) is 4.00. The van der Waals surface area contributed by atoms with Gasteiger partial charge < -0.3 is 19.9 Å². The van der Waals surface area contributed by atoms with Gasteiger partial charge in [-0.1, -0.05) is 23.4 Å². The number of ether oxygens (including phenoxy) is 1. The van der Waals surface area contributed by atoms with Crippen molar-refractivity contribution >= 4 is 17.5 Å². The average Bonchev–Trinajstić information content (AvgIpc) is 3.17. The molecule has 0 radical (unpaired) electrons. The van der Waals surface area contributed by atoms with Crippen LogP contribution in [0.25, 0.3) is 0 Å². The number of nitrogens with zero attached hydrogens (tertiary/aromatic N) is 2. The summed E-state index contributed by atoms with van der Waals surface area (Å²) in [7, 11) is 0. The van der Waals surface area contributed by atoms with E-state index in [-0.39, 0.29) is 17.9 Å². The lowest BCUT2D eigenvalue weighted by Crippen LogP contribution is -2.46. The molecule has 1 aromatic heterocycles. The van der Waals surface area contributed by atoms with Crippen LogP contribution >= 0.6 is 0 Å². The van der Waals surface area contributed by atoms with Crippen molar-refractivity contribution in [2.45, 2.75) is 39.3 Å². The number of amides is 2. The predicted molar refractivity (Wildman–Crippen MR) is 129 cm³/mol. The Morgan fingerprint density at radius 3 is 2.41 bits per heavy atom. The molecular weight excluding hydrogens is 432 g/mol. The van der Waals surface area contributed by atoms with Crippen LogP contribution in [-0.2, 0) is 11.4 Å². The second kappa shape index (κ2) is 11.0. The van der Waals surface area contributed by atoms with Gasteiger partial charge in [-0.2, -0.15) is 0 Å². The number of aromatic nitrogens is 1. The Hall–Kier alpha value is -3.65. The van der Waals surface area contributed by atoms with Gasteiger partial charge in [-0.05, 0) is 63.1 Å². The summed E-state index contributed by atoms with van der Waals surface area (Å²) < 4.78 is 11.0. The molecule has 0 spiro atoms. The first-order valence-corrected chi connectivity index (χ1v) is 11.5. The maximum atomic E-state index is 12.7. The summed E-state index contributed by atoms with van der Waals surface area (Å²) in [5.41, 5.74) is 3.14. The number of rotatable bonds is 8. The summed E-state index contributed by atoms with van der Waals surface area (Å²) in [5.74, 6) is 1.30. The first-order chi connectivity index (χ1) is 16.5. The summed E-state index contributed by atoms with van der Waals surface area (Å²) in [6, 6.07) is 16.7. The highest BCUT2D eigenvalue weighted by Crippen LogP contribution is 2.18. The molecule has 34 heavy (non-hydrogen) atoms. The number of nitrogens with one attached hydrogen (secondary N) is 2. The highest BCUT2D eigenvalue weighted by atomic mass is 16.5. The van der Waals surface area contributed by atoms with Gasteiger partial charge in [0, 0.05) is 30.4 Å². The van der Waals surface area contributed by atoms with Gasteiger partial charge in [0.1, 0.15) is 18.1 Å². The Morgan fingerprint density at radius 2 is 1.76 bits per heavy atom. The van der Waals surface area contributed by atoms with Crippen molar-refractivity contribution in [3.63, 3.8) is 0 Å². The maximum Gasteiger partial charge on any atom is 0.251 e. The number of aryl methyl sites for hydroxylation is 2. The van der Waals surface area contributed by atoms with E-state index in [1.807, 2.05) is 44.2 Å². The molecule has 1 aliphatic heterocycles. The molecular formula is C26H30N4O4. The molecule has 178 valence electrons. The van der Waals surface area contributed by atoms with Crippen molar-refractivity contribution in [1.82, 2.24) is 15.4 Å². The maximum absolute atomic E-state index is 12.7. The van der Waals surface area contributed by atoms with E-state index >= 15 is 0 Å². The third-order valence-electron chi connectivity index (χ3n) is 6.03. The van der Waals surface area contributed by atoms with Crippen molar-refractivity contribution in [2.75, 3.05) is 25.0 Å². The first-order valence-electron chi connectivity index (χ1n) is 11.5. The topological polar surface area (TPSA) is 96.7 Å². The minimum Gasteiger partial charge on any atom is -0.489 e. The van der Waals surface area contributed by atoms with Crippen LogP contribution in [0.5, 0.6) is 5.75 Å². The van der Waals surface area contributed by atoms with Crippen LogP contribution in [0.3, 0.4) is 0 Å². The zero-order valence-corrected chi connectivity index (χ0v) is 19.5. The molecule has 2 N–H and O–H groups in total. The molecule has 0 saturated carbocycles. The molecule has 1 fully saturated rings. The molecule has 2 heterocycles. The van der Waals surface area contributed by atoms with Gasteiger partial charge in [0.05, 0.1) is 17.8 Å². The van der Waals surface area contributed by atoms with E-state index in [0.717, 1.165) is 48.6 Å². The van der Waals surface area contributed by atoms with Crippen molar-refractivity contribution in [1.29, 1.82) is 0 Å². The second-order valence-electron chi connectivity index (χ2n) is 8.55. The van der Waals surface area contributed by atoms with Gasteiger partial charge >= 0.3 is 0 Å². The van der Waals surface area contributed by atoms with E-state index in [1.165, 1.54) is 0 Å². The molecule has 4 rings (SSSR count). The number of hydrogen-bond acceptors (Lipinski definition) is 6. The van der Waals surface area contributed by atoms with Crippen LogP contribution in [0.4, 0.5) is 5.69 Å². The van der Waals surface area contributed by atoms with Crippen molar-refractivity contribution in [2.24, 2.45) is 0 Å². The number of carbonyl (C=O) groups is 2. The lowest BCUT2D eigenvalue weighted by molar-refractivity contribution is -0.117. The van der Waals surface area contributed by atoms with Gasteiger partial charge in [0.2, 0.25) is 5.91 Å². The summed E-state index contributed by atoms with van der Waals surface area (Å²) in [6.45, 7) is 5.99. The van der Waals surface area contributed by atoms with E-state index in [2.05, 4.69) is 20.7 Å². The Bertz CT molecular complexity index is 1080. The van der Waals surface area contributed by atoms with Gasteiger partial charge in [-0.25, -0.2) is 0 Å². The Balaban J connectivity index is 1.19. The molecule has 0 atom stereocenters. The number of para-hydroxylation sites is 1. The second-order valence-corrected chi connectivity index (χ2v) is 8.55. The van der Waals surface area contributed by atoms with Gasteiger partial charge in [0.15, 0.2) is 0 Å². The standard InChI is InChI=1S/C26H30N4O4/c1-18-24(19(2)34-29-18)17-33-23-10-8-20(9-11-23)26(32)28-22-12-14-30(15-13-22)16-25(31)27-21-6-4-3-5-7-21/h3-11,22H,12-17H2,1-2H3,(H,27,31)(H,28,32). The molecule has 1 saturated heterocycles. The highest BCUT2D eigenvalue weighted by molar-refractivity contribution is 5.94. The molecule has 2 aromatic carbocycles. The number of benzene rings is 2. The largest absolute Gasteiger partial charge is 0.489 e. The summed E-state index contributed by atoms with van der Waals surface area (Å²) in [4.78, 5) is 27.0. The average molecular weight is 463 g/mol. The highest BCUT2D eigenvalue weighted by Gasteiger charge is 2.22. The van der Waals surface area contributed by atoms with Crippen molar-refractivity contribution in [3.05, 3.63) is 77.2 Å². The normalized spacial score (nSPS) is 14.5. The van der Waals surface area contributed by atoms with E-state index in [1.54, 1.807) is 24.3 Å². The fourth-order valence-corrected chi connectivity index (χ4v) is 4.00. The molecule has 0 bridgehead atoms. The monoisotopic (exact) mass is 462 g/mol. The first kappa shape index (κ1) is 23.5. The predicted octanol–water partition coefficient (Wildman–Crippen LogP) is 3.70. The zero-order chi connectivity index (χ0) is 23.9. The molecule has 2 amide bonds. The summed E-state index contributed by atoms with van der Waals surface area (Å²) in [5, 5.41) is 9.95. The Kier molecular flexibility index (Phi) is 7.59. The third-order valence-corrected chi connectivity index (χ3v) is 6.03. The number of likely N-dealkylation sites (tertiary alicyclic amines) is 1. The quantitative estimate of drug-likeness (QED) is 0.530. The van der Waals surface area contributed by atoms with E-state index in [4.69, 9.17) is 9.26 Å². The molecule has 3 aromatic rings. The van der Waals surface area contributed by atoms with Crippen LogP contribution in [0.2, 0.25) is 0 Å². The van der Waals surface area contributed by atoms with Crippen LogP contribution in [0.1, 0.15) is 40.2 Å². The van der Waals surface area contributed by atoms with Gasteiger partial charge in [-0.15, -0.1) is 0 Å². The van der Waals surface area contributed by atoms with Crippen LogP contribution < -0.4 is 15.4 Å². The SMILES string of the molecule is Cc1noc(C)c1COc1ccc(C(=O)NC2CCN(CC(=O)Nc3ccccc3)CC2)cc1. The zero-order valence-electron chi connectivity index (χ0n) is 19.5. The molecule has 8 nitrogen and oxygen atoms in total. The van der Waals surface area contributed by atoms with E-state index in [0.29, 0.717) is 24.5 Å². The molecule has 8 heteroatoms. The molecule has 1 aliphatic rings. The van der Waals surface area contributed by atoms with Gasteiger partial charge in [0.25, 0.3) is 5.91 Å². The van der Waals surface area contributed by atoms with E-state index in [9.17, 15) is 9.59 Å². The number of carbonyl (C=O) groups excluding carboxylic acids is 2. The number of hydrogen-bond donors (Lipinski definition) is 2. The Labute approximate surface area is 199 Å². The van der Waals surface area contributed by atoms with Crippen LogP contribution in [0.15, 0.2) is 59.1 Å². The Morgan fingerprint density at radius 1 is 1.06 bits per heavy atom. The smallest absolute Gasteiger partial charge is 0.251 e. The number of anilines is 1. The minimum absolute atomic E-state index is 0.0228.